The molecule has 0 saturated carbocycles. The molecule has 0 unspecified atom stereocenters. The van der Waals surface area contributed by atoms with Crippen molar-refractivity contribution in [3.8, 4) is 0 Å². The maximum absolute atomic E-state index is 15.0. The molecule has 0 amide bonds. The van der Waals surface area contributed by atoms with E-state index in [1.54, 1.807) is 11.0 Å². The molecule has 2 heterocycles. The van der Waals surface area contributed by atoms with E-state index in [-0.39, 0.29) is 5.41 Å². The van der Waals surface area contributed by atoms with Gasteiger partial charge in [0.1, 0.15) is 0 Å². The van der Waals surface area contributed by atoms with Crippen LogP contribution < -0.4 is 15.0 Å². The Morgan fingerprint density at radius 1 is 0.833 bits per heavy atom. The lowest BCUT2D eigenvalue weighted by molar-refractivity contribution is 0.582. The van der Waals surface area contributed by atoms with Gasteiger partial charge in [-0.2, -0.15) is 5.10 Å². The number of hydrogen-bond donors (Lipinski definition) is 0. The van der Waals surface area contributed by atoms with Crippen molar-refractivity contribution in [3.05, 3.63) is 102 Å². The van der Waals surface area contributed by atoms with Crippen LogP contribution in [0.25, 0.3) is 0 Å². The Labute approximate surface area is 177 Å². The lowest BCUT2D eigenvalue weighted by Gasteiger charge is -2.31. The van der Waals surface area contributed by atoms with Gasteiger partial charge in [0.05, 0.1) is 17.2 Å². The van der Waals surface area contributed by atoms with E-state index in [0.717, 1.165) is 27.7 Å². The molecule has 3 aromatic carbocycles. The second kappa shape index (κ2) is 6.72. The second-order valence-corrected chi connectivity index (χ2v) is 10.7. The smallest absolute Gasteiger partial charge is 0.252 e. The predicted molar refractivity (Wildman–Crippen MR) is 126 cm³/mol. The van der Waals surface area contributed by atoms with Gasteiger partial charge in [-0.25, -0.2) is 4.78 Å². The summed E-state index contributed by atoms with van der Waals surface area (Å²) in [6.45, 7) is 4.40. The molecule has 30 heavy (non-hydrogen) atoms. The van der Waals surface area contributed by atoms with Crippen LogP contribution in [0.15, 0.2) is 101 Å². The van der Waals surface area contributed by atoms with E-state index in [1.165, 1.54) is 5.56 Å². The van der Waals surface area contributed by atoms with Gasteiger partial charge in [0.15, 0.2) is 0 Å². The second-order valence-electron chi connectivity index (χ2n) is 8.22. The summed E-state index contributed by atoms with van der Waals surface area (Å²) < 4.78 is 16.7. The number of benzene rings is 3. The fourth-order valence-electron chi connectivity index (χ4n) is 4.69. The molecular weight excluding hydrogens is 389 g/mol. The fraction of sp³-hybridized carbons (Fsp3) is 0.160. The van der Waals surface area contributed by atoms with E-state index < -0.39 is 7.29 Å². The van der Waals surface area contributed by atoms with Crippen molar-refractivity contribution in [1.82, 2.24) is 0 Å². The lowest BCUT2D eigenvalue weighted by Crippen LogP contribution is -2.27. The van der Waals surface area contributed by atoms with Crippen molar-refractivity contribution in [1.29, 1.82) is 0 Å². The number of para-hydroxylation sites is 2. The molecule has 1 atom stereocenters. The number of hydrogen-bond acceptors (Lipinski definition) is 3. The van der Waals surface area contributed by atoms with Crippen LogP contribution in [0.2, 0.25) is 0 Å². The molecule has 0 spiro atoms. The van der Waals surface area contributed by atoms with Gasteiger partial charge in [0, 0.05) is 29.2 Å². The molecule has 0 aromatic heterocycles. The Kier molecular flexibility index (Phi) is 4.23. The van der Waals surface area contributed by atoms with Crippen LogP contribution >= 0.6 is 7.29 Å². The molecular formula is C25H24N3OP. The molecule has 150 valence electrons. The van der Waals surface area contributed by atoms with Gasteiger partial charge in [-0.3, -0.25) is 4.57 Å². The third-order valence-electron chi connectivity index (χ3n) is 6.08. The first-order valence-electron chi connectivity index (χ1n) is 10.1. The predicted octanol–water partition coefficient (Wildman–Crippen LogP) is 5.74. The van der Waals surface area contributed by atoms with Gasteiger partial charge in [0.2, 0.25) is 0 Å². The Morgan fingerprint density at radius 3 is 2.10 bits per heavy atom. The molecule has 5 heteroatoms. The summed E-state index contributed by atoms with van der Waals surface area (Å²) in [4.78, 5) is 2.18. The van der Waals surface area contributed by atoms with E-state index in [2.05, 4.69) is 55.2 Å². The van der Waals surface area contributed by atoms with E-state index >= 15 is 0 Å². The number of rotatable bonds is 2. The fourth-order valence-corrected chi connectivity index (χ4v) is 7.55. The molecule has 0 aliphatic carbocycles. The zero-order valence-electron chi connectivity index (χ0n) is 17.4. The molecule has 0 bridgehead atoms. The van der Waals surface area contributed by atoms with Crippen LogP contribution in [0.5, 0.6) is 0 Å². The zero-order chi connectivity index (χ0) is 20.9. The molecule has 4 nitrogen and oxygen atoms in total. The average Bonchev–Trinajstić information content (AvgIpc) is 3.21. The van der Waals surface area contributed by atoms with E-state index in [1.807, 2.05) is 60.7 Å². The Balaban J connectivity index is 1.79. The summed E-state index contributed by atoms with van der Waals surface area (Å²) in [7, 11) is -1.15. The first kappa shape index (κ1) is 18.9. The Morgan fingerprint density at radius 2 is 1.43 bits per heavy atom. The molecule has 0 radical (unpaired) electrons. The molecule has 2 aliphatic rings. The highest BCUT2D eigenvalue weighted by Gasteiger charge is 2.49. The van der Waals surface area contributed by atoms with Crippen molar-refractivity contribution in [2.24, 2.45) is 5.10 Å². The first-order chi connectivity index (χ1) is 14.5. The minimum atomic E-state index is -3.21. The van der Waals surface area contributed by atoms with Crippen molar-refractivity contribution < 1.29 is 4.57 Å². The molecule has 0 fully saturated rings. The van der Waals surface area contributed by atoms with Crippen molar-refractivity contribution in [3.63, 3.8) is 0 Å². The highest BCUT2D eigenvalue weighted by Crippen LogP contribution is 2.64. The summed E-state index contributed by atoms with van der Waals surface area (Å²) in [6.07, 6.45) is 1.81. The van der Waals surface area contributed by atoms with Gasteiger partial charge in [-0.15, -0.1) is 0 Å². The largest absolute Gasteiger partial charge is 0.346 e. The maximum Gasteiger partial charge on any atom is 0.252 e. The van der Waals surface area contributed by atoms with Gasteiger partial charge >= 0.3 is 0 Å². The SMILES string of the molecule is CN1/C(=C2/C=NN(c3ccccc3)[P@]2(=O)c2ccccc2)C(C)(C)c2ccccc21. The average molecular weight is 413 g/mol. The van der Waals surface area contributed by atoms with Crippen molar-refractivity contribution in [2.45, 2.75) is 19.3 Å². The summed E-state index contributed by atoms with van der Waals surface area (Å²) in [5.74, 6) is 0. The Hall–Kier alpha value is -3.10. The van der Waals surface area contributed by atoms with Crippen LogP contribution in [-0.4, -0.2) is 13.3 Å². The third-order valence-corrected chi connectivity index (χ3v) is 8.93. The van der Waals surface area contributed by atoms with E-state index in [9.17, 15) is 4.57 Å². The topological polar surface area (TPSA) is 35.9 Å². The van der Waals surface area contributed by atoms with Crippen molar-refractivity contribution in [2.75, 3.05) is 16.7 Å². The van der Waals surface area contributed by atoms with Crippen LogP contribution in [0.1, 0.15) is 19.4 Å². The third kappa shape index (κ3) is 2.54. The Bertz CT molecular complexity index is 1220. The quantitative estimate of drug-likeness (QED) is 0.503. The van der Waals surface area contributed by atoms with Crippen LogP contribution in [-0.2, 0) is 9.98 Å². The number of likely N-dealkylation sites (N-methyl/N-ethyl adjacent to an activating group) is 1. The van der Waals surface area contributed by atoms with Gasteiger partial charge in [0.25, 0.3) is 7.29 Å². The highest BCUT2D eigenvalue weighted by molar-refractivity contribution is 7.78. The van der Waals surface area contributed by atoms with Gasteiger partial charge in [-0.05, 0) is 35.9 Å². The molecule has 0 saturated heterocycles. The number of nitrogens with zero attached hydrogens (tertiary/aromatic N) is 3. The zero-order valence-corrected chi connectivity index (χ0v) is 18.3. The molecule has 5 rings (SSSR count). The number of fused-ring (bicyclic) bond motifs is 1. The first-order valence-corrected chi connectivity index (χ1v) is 11.8. The minimum absolute atomic E-state index is 0.288. The minimum Gasteiger partial charge on any atom is -0.346 e. The number of hydrazone groups is 1. The van der Waals surface area contributed by atoms with Crippen LogP contribution in [0.4, 0.5) is 11.4 Å². The number of allylic oxidation sites excluding steroid dienone is 2. The van der Waals surface area contributed by atoms with Crippen LogP contribution in [0.3, 0.4) is 0 Å². The lowest BCUT2D eigenvalue weighted by atomic mass is 9.84. The molecule has 0 N–H and O–H groups in total. The van der Waals surface area contributed by atoms with Crippen molar-refractivity contribution >= 4 is 30.2 Å². The maximum atomic E-state index is 15.0. The van der Waals surface area contributed by atoms with E-state index in [4.69, 9.17) is 0 Å². The summed E-state index contributed by atoms with van der Waals surface area (Å²) in [6, 6.07) is 27.9. The molecule has 2 aliphatic heterocycles. The molecule has 3 aromatic rings. The van der Waals surface area contributed by atoms with Gasteiger partial charge < -0.3 is 4.90 Å². The monoisotopic (exact) mass is 413 g/mol. The number of anilines is 2. The van der Waals surface area contributed by atoms with E-state index in [0.29, 0.717) is 0 Å². The summed E-state index contributed by atoms with van der Waals surface area (Å²) in [5, 5.41) is 6.26. The summed E-state index contributed by atoms with van der Waals surface area (Å²) >= 11 is 0. The summed E-state index contributed by atoms with van der Waals surface area (Å²) in [5.41, 5.74) is 3.96. The standard InChI is InChI=1S/C25H24N3OP/c1-25(2)21-16-10-11-17-22(21)27(3)24(25)23-18-26-28(19-12-6-4-7-13-19)30(23,29)20-14-8-5-9-15-20/h4-18H,1-3H3/b24-23-/t30-/m0/s1. The van der Waals surface area contributed by atoms with Crippen LogP contribution in [0, 0.1) is 0 Å². The highest BCUT2D eigenvalue weighted by atomic mass is 31.2. The normalized spacial score (nSPS) is 24.4. The van der Waals surface area contributed by atoms with Gasteiger partial charge in [-0.1, -0.05) is 68.4 Å².